The van der Waals surface area contributed by atoms with Crippen molar-refractivity contribution in [2.24, 2.45) is 11.3 Å². The van der Waals surface area contributed by atoms with Crippen LogP contribution in [0.25, 0.3) is 0 Å². The van der Waals surface area contributed by atoms with Crippen LogP contribution in [-0.2, 0) is 6.54 Å². The van der Waals surface area contributed by atoms with Crippen LogP contribution in [0.5, 0.6) is 0 Å². The summed E-state index contributed by atoms with van der Waals surface area (Å²) in [6, 6.07) is 5.70. The maximum absolute atomic E-state index is 5.94. The molecule has 1 saturated carbocycles. The maximum Gasteiger partial charge on any atom is 0.0429 e. The van der Waals surface area contributed by atoms with Gasteiger partial charge in [0.25, 0.3) is 0 Å². The van der Waals surface area contributed by atoms with Crippen LogP contribution in [0.2, 0.25) is 5.02 Å². The molecule has 0 heterocycles. The number of halogens is 1. The van der Waals surface area contributed by atoms with E-state index in [9.17, 15) is 0 Å². The number of hydrogen-bond acceptors (Lipinski definition) is 2. The van der Waals surface area contributed by atoms with Crippen LogP contribution in [0.1, 0.15) is 25.8 Å². The summed E-state index contributed by atoms with van der Waals surface area (Å²) in [7, 11) is 0. The summed E-state index contributed by atoms with van der Waals surface area (Å²) in [5.41, 5.74) is 8.16. The second-order valence-corrected chi connectivity index (χ2v) is 5.85. The van der Waals surface area contributed by atoms with Crippen molar-refractivity contribution in [2.75, 3.05) is 12.3 Å². The summed E-state index contributed by atoms with van der Waals surface area (Å²) in [6.07, 6.45) is 1.33. The highest BCUT2D eigenvalue weighted by Crippen LogP contribution is 2.50. The van der Waals surface area contributed by atoms with Gasteiger partial charge in [0.15, 0.2) is 0 Å². The molecule has 0 radical (unpaired) electrons. The second kappa shape index (κ2) is 4.27. The molecule has 0 saturated heterocycles. The summed E-state index contributed by atoms with van der Waals surface area (Å²) < 4.78 is 0. The molecular formula is C13H19ClN2. The Balaban J connectivity index is 1.81. The third-order valence-corrected chi connectivity index (χ3v) is 3.64. The predicted molar refractivity (Wildman–Crippen MR) is 69.5 cm³/mol. The number of anilines is 1. The van der Waals surface area contributed by atoms with E-state index >= 15 is 0 Å². The van der Waals surface area contributed by atoms with Gasteiger partial charge in [0.2, 0.25) is 0 Å². The van der Waals surface area contributed by atoms with Gasteiger partial charge in [0.1, 0.15) is 0 Å². The molecule has 1 fully saturated rings. The van der Waals surface area contributed by atoms with Crippen molar-refractivity contribution in [3.63, 3.8) is 0 Å². The van der Waals surface area contributed by atoms with Crippen LogP contribution in [0.4, 0.5) is 5.69 Å². The topological polar surface area (TPSA) is 38.0 Å². The monoisotopic (exact) mass is 238 g/mol. The van der Waals surface area contributed by atoms with Crippen molar-refractivity contribution in [1.82, 2.24) is 5.32 Å². The first-order valence-electron chi connectivity index (χ1n) is 5.73. The molecular weight excluding hydrogens is 220 g/mol. The molecule has 1 aliphatic carbocycles. The largest absolute Gasteiger partial charge is 0.399 e. The van der Waals surface area contributed by atoms with Crippen molar-refractivity contribution in [3.8, 4) is 0 Å². The Labute approximate surface area is 102 Å². The Morgan fingerprint density at radius 3 is 2.69 bits per heavy atom. The first-order valence-corrected chi connectivity index (χ1v) is 6.11. The zero-order valence-corrected chi connectivity index (χ0v) is 10.6. The summed E-state index contributed by atoms with van der Waals surface area (Å²) in [5.74, 6) is 0.823. The number of benzene rings is 1. The Bertz CT molecular complexity index is 367. The molecule has 3 heteroatoms. The minimum Gasteiger partial charge on any atom is -0.399 e. The Morgan fingerprint density at radius 1 is 1.44 bits per heavy atom. The van der Waals surface area contributed by atoms with Gasteiger partial charge in [-0.2, -0.15) is 0 Å². The third kappa shape index (κ3) is 2.89. The van der Waals surface area contributed by atoms with Crippen molar-refractivity contribution >= 4 is 17.3 Å². The number of nitrogen functional groups attached to an aromatic ring is 1. The molecule has 16 heavy (non-hydrogen) atoms. The van der Waals surface area contributed by atoms with Crippen molar-refractivity contribution in [3.05, 3.63) is 28.8 Å². The molecule has 1 aromatic carbocycles. The molecule has 3 N–H and O–H groups in total. The highest BCUT2D eigenvalue weighted by atomic mass is 35.5. The molecule has 2 rings (SSSR count). The van der Waals surface area contributed by atoms with E-state index in [4.69, 9.17) is 17.3 Å². The number of nitrogens with two attached hydrogens (primary N) is 1. The number of rotatable bonds is 4. The lowest BCUT2D eigenvalue weighted by Gasteiger charge is -2.07. The average Bonchev–Trinajstić information content (AvgIpc) is 2.72. The Hall–Kier alpha value is -0.730. The first kappa shape index (κ1) is 11.7. The van der Waals surface area contributed by atoms with Crippen LogP contribution in [-0.4, -0.2) is 6.54 Å². The fraction of sp³-hybridized carbons (Fsp3) is 0.538. The van der Waals surface area contributed by atoms with Crippen LogP contribution in [0, 0.1) is 11.3 Å². The molecule has 1 aliphatic rings. The zero-order chi connectivity index (χ0) is 11.8. The van der Waals surface area contributed by atoms with Gasteiger partial charge in [-0.05, 0) is 48.1 Å². The average molecular weight is 239 g/mol. The van der Waals surface area contributed by atoms with E-state index < -0.39 is 0 Å². The lowest BCUT2D eigenvalue weighted by Crippen LogP contribution is -2.18. The van der Waals surface area contributed by atoms with Gasteiger partial charge < -0.3 is 11.1 Å². The quantitative estimate of drug-likeness (QED) is 0.792. The van der Waals surface area contributed by atoms with Crippen molar-refractivity contribution < 1.29 is 0 Å². The predicted octanol–water partition coefficient (Wildman–Crippen LogP) is 3.06. The minimum absolute atomic E-state index is 0.542. The maximum atomic E-state index is 5.94. The Kier molecular flexibility index (Phi) is 3.13. The molecule has 1 atom stereocenters. The van der Waals surface area contributed by atoms with Gasteiger partial charge >= 0.3 is 0 Å². The van der Waals surface area contributed by atoms with Crippen LogP contribution < -0.4 is 11.1 Å². The molecule has 0 amide bonds. The fourth-order valence-electron chi connectivity index (χ4n) is 2.09. The minimum atomic E-state index is 0.542. The van der Waals surface area contributed by atoms with E-state index in [0.29, 0.717) is 10.4 Å². The first-order chi connectivity index (χ1) is 7.47. The number of nitrogens with one attached hydrogen (secondary N) is 1. The lowest BCUT2D eigenvalue weighted by molar-refractivity contribution is 0.519. The number of hydrogen-bond donors (Lipinski definition) is 2. The lowest BCUT2D eigenvalue weighted by atomic mass is 10.1. The smallest absolute Gasteiger partial charge is 0.0429 e. The standard InChI is InChI=1S/C13H19ClN2/c1-13(2)6-10(13)8-16-7-9-3-11(14)5-12(15)4-9/h3-5,10,16H,6-8,15H2,1-2H3. The molecule has 0 aromatic heterocycles. The van der Waals surface area contributed by atoms with Gasteiger partial charge in [0, 0.05) is 17.3 Å². The van der Waals surface area contributed by atoms with Crippen LogP contribution in [0.15, 0.2) is 18.2 Å². The van der Waals surface area contributed by atoms with Gasteiger partial charge in [-0.3, -0.25) is 0 Å². The zero-order valence-electron chi connectivity index (χ0n) is 9.89. The summed E-state index contributed by atoms with van der Waals surface area (Å²) in [4.78, 5) is 0. The van der Waals surface area contributed by atoms with Crippen molar-refractivity contribution in [1.29, 1.82) is 0 Å². The normalized spacial score (nSPS) is 22.1. The van der Waals surface area contributed by atoms with E-state index in [0.717, 1.165) is 30.3 Å². The molecule has 88 valence electrons. The molecule has 0 bridgehead atoms. The molecule has 0 aliphatic heterocycles. The third-order valence-electron chi connectivity index (χ3n) is 3.42. The summed E-state index contributed by atoms with van der Waals surface area (Å²) in [6.45, 7) is 6.56. The summed E-state index contributed by atoms with van der Waals surface area (Å²) in [5, 5.41) is 4.17. The van der Waals surface area contributed by atoms with Gasteiger partial charge in [-0.15, -0.1) is 0 Å². The van der Waals surface area contributed by atoms with Crippen LogP contribution in [0.3, 0.4) is 0 Å². The second-order valence-electron chi connectivity index (χ2n) is 5.41. The van der Waals surface area contributed by atoms with E-state index in [1.165, 1.54) is 6.42 Å². The van der Waals surface area contributed by atoms with Crippen molar-refractivity contribution in [2.45, 2.75) is 26.8 Å². The fourth-order valence-corrected chi connectivity index (χ4v) is 2.36. The molecule has 2 nitrogen and oxygen atoms in total. The van der Waals surface area contributed by atoms with Gasteiger partial charge in [-0.1, -0.05) is 25.4 Å². The van der Waals surface area contributed by atoms with E-state index in [2.05, 4.69) is 19.2 Å². The van der Waals surface area contributed by atoms with Crippen LogP contribution >= 0.6 is 11.6 Å². The van der Waals surface area contributed by atoms with E-state index in [-0.39, 0.29) is 0 Å². The molecule has 1 unspecified atom stereocenters. The molecule has 1 aromatic rings. The summed E-state index contributed by atoms with van der Waals surface area (Å²) >= 11 is 5.94. The van der Waals surface area contributed by atoms with E-state index in [1.807, 2.05) is 12.1 Å². The van der Waals surface area contributed by atoms with Gasteiger partial charge in [-0.25, -0.2) is 0 Å². The highest BCUT2D eigenvalue weighted by molar-refractivity contribution is 6.30. The molecule has 0 spiro atoms. The van der Waals surface area contributed by atoms with Gasteiger partial charge in [0.05, 0.1) is 0 Å². The van der Waals surface area contributed by atoms with E-state index in [1.54, 1.807) is 6.07 Å². The SMILES string of the molecule is CC1(C)CC1CNCc1cc(N)cc(Cl)c1. The Morgan fingerprint density at radius 2 is 2.12 bits per heavy atom. The highest BCUT2D eigenvalue weighted by Gasteiger charge is 2.44.